The van der Waals surface area contributed by atoms with E-state index >= 15 is 0 Å². The summed E-state index contributed by atoms with van der Waals surface area (Å²) in [5, 5.41) is 0.815. The third-order valence-electron chi connectivity index (χ3n) is 3.06. The minimum Gasteiger partial charge on any atom is -0.464 e. The zero-order valence-electron chi connectivity index (χ0n) is 11.4. The summed E-state index contributed by atoms with van der Waals surface area (Å²) in [5.41, 5.74) is 2.33. The van der Waals surface area contributed by atoms with Crippen LogP contribution in [0.25, 0.3) is 21.0 Å². The fourth-order valence-electron chi connectivity index (χ4n) is 2.04. The van der Waals surface area contributed by atoms with E-state index in [-0.39, 0.29) is 0 Å². The van der Waals surface area contributed by atoms with E-state index in [0.29, 0.717) is 5.69 Å². The Labute approximate surface area is 126 Å². The molecule has 4 heteroatoms. The topological polar surface area (TPSA) is 39.2 Å². The lowest BCUT2D eigenvalue weighted by Gasteiger charge is -1.99. The molecule has 0 radical (unpaired) electrons. The lowest BCUT2D eigenvalue weighted by atomic mass is 10.1. The summed E-state index contributed by atoms with van der Waals surface area (Å²) in [7, 11) is 1.37. The highest BCUT2D eigenvalue weighted by atomic mass is 32.1. The molecule has 3 aromatic rings. The minimum absolute atomic E-state index is 0.368. The normalized spacial score (nSPS) is 10.3. The number of ether oxygens (including phenoxy) is 1. The molecule has 0 unspecified atom stereocenters. The first kappa shape index (κ1) is 13.5. The van der Waals surface area contributed by atoms with Crippen LogP contribution in [0.2, 0.25) is 0 Å². The largest absolute Gasteiger partial charge is 0.464 e. The standard InChI is InChI=1S/C17H13NO2S/c1-20-17(19)14-15(12-8-4-2-5-9-12)21-16(18-14)13-10-6-3-7-11-13/h2-11H,1H3. The summed E-state index contributed by atoms with van der Waals surface area (Å²) in [6.45, 7) is 0. The summed E-state index contributed by atoms with van der Waals surface area (Å²) in [6.07, 6.45) is 0. The number of methoxy groups -OCH3 is 1. The Bertz CT molecular complexity index is 751. The highest BCUT2D eigenvalue weighted by molar-refractivity contribution is 7.18. The number of thiazole rings is 1. The van der Waals surface area contributed by atoms with Crippen molar-refractivity contribution in [2.24, 2.45) is 0 Å². The molecule has 104 valence electrons. The van der Waals surface area contributed by atoms with Gasteiger partial charge in [0.15, 0.2) is 5.69 Å². The van der Waals surface area contributed by atoms with Gasteiger partial charge >= 0.3 is 5.97 Å². The van der Waals surface area contributed by atoms with E-state index in [9.17, 15) is 4.79 Å². The summed E-state index contributed by atoms with van der Waals surface area (Å²) in [4.78, 5) is 17.3. The van der Waals surface area contributed by atoms with E-state index in [1.54, 1.807) is 0 Å². The summed E-state index contributed by atoms with van der Waals surface area (Å²) in [5.74, 6) is -0.410. The van der Waals surface area contributed by atoms with Gasteiger partial charge in [-0.1, -0.05) is 60.7 Å². The number of aromatic nitrogens is 1. The van der Waals surface area contributed by atoms with E-state index in [2.05, 4.69) is 4.98 Å². The van der Waals surface area contributed by atoms with Crippen molar-refractivity contribution in [1.82, 2.24) is 4.98 Å². The van der Waals surface area contributed by atoms with Crippen LogP contribution in [-0.2, 0) is 4.74 Å². The molecule has 3 rings (SSSR count). The van der Waals surface area contributed by atoms with Gasteiger partial charge in [-0.2, -0.15) is 0 Å². The van der Waals surface area contributed by atoms with Crippen molar-refractivity contribution in [2.75, 3.05) is 7.11 Å². The second kappa shape index (κ2) is 5.89. The Hall–Kier alpha value is -2.46. The maximum absolute atomic E-state index is 12.0. The van der Waals surface area contributed by atoms with Gasteiger partial charge in [0, 0.05) is 5.56 Å². The van der Waals surface area contributed by atoms with E-state index in [1.165, 1.54) is 18.4 Å². The second-order valence-electron chi connectivity index (χ2n) is 4.42. The molecule has 0 bridgehead atoms. The molecule has 0 atom stereocenters. The number of esters is 1. The third-order valence-corrected chi connectivity index (χ3v) is 4.22. The number of rotatable bonds is 3. The molecule has 0 N–H and O–H groups in total. The van der Waals surface area contributed by atoms with Gasteiger partial charge in [0.1, 0.15) is 5.01 Å². The van der Waals surface area contributed by atoms with Crippen molar-refractivity contribution in [3.63, 3.8) is 0 Å². The van der Waals surface area contributed by atoms with Gasteiger partial charge in [-0.25, -0.2) is 9.78 Å². The Morgan fingerprint density at radius 2 is 1.52 bits per heavy atom. The summed E-state index contributed by atoms with van der Waals surface area (Å²) in [6, 6.07) is 19.6. The van der Waals surface area contributed by atoms with Gasteiger partial charge in [-0.05, 0) is 5.56 Å². The molecule has 2 aromatic carbocycles. The average molecular weight is 295 g/mol. The van der Waals surface area contributed by atoms with Crippen LogP contribution in [0.5, 0.6) is 0 Å². The number of hydrogen-bond donors (Lipinski definition) is 0. The Balaban J connectivity index is 2.14. The van der Waals surface area contributed by atoms with Crippen LogP contribution >= 0.6 is 11.3 Å². The van der Waals surface area contributed by atoms with Gasteiger partial charge in [0.05, 0.1) is 12.0 Å². The molecule has 3 nitrogen and oxygen atoms in total. The molecule has 0 fully saturated rings. The molecule has 21 heavy (non-hydrogen) atoms. The van der Waals surface area contributed by atoms with E-state index in [0.717, 1.165) is 21.0 Å². The molecule has 1 heterocycles. The van der Waals surface area contributed by atoms with Gasteiger partial charge in [-0.15, -0.1) is 11.3 Å². The fraction of sp³-hybridized carbons (Fsp3) is 0.0588. The summed E-state index contributed by atoms with van der Waals surface area (Å²) >= 11 is 1.50. The smallest absolute Gasteiger partial charge is 0.358 e. The maximum atomic E-state index is 12.0. The molecule has 0 aliphatic carbocycles. The summed E-state index contributed by atoms with van der Waals surface area (Å²) < 4.78 is 4.85. The monoisotopic (exact) mass is 295 g/mol. The van der Waals surface area contributed by atoms with Crippen LogP contribution in [0.1, 0.15) is 10.5 Å². The van der Waals surface area contributed by atoms with Gasteiger partial charge in [-0.3, -0.25) is 0 Å². The lowest BCUT2D eigenvalue weighted by Crippen LogP contribution is -2.03. The number of nitrogens with zero attached hydrogens (tertiary/aromatic N) is 1. The first-order valence-corrected chi connectivity index (χ1v) is 7.31. The Morgan fingerprint density at radius 1 is 0.952 bits per heavy atom. The quantitative estimate of drug-likeness (QED) is 0.678. The molecule has 0 saturated heterocycles. The maximum Gasteiger partial charge on any atom is 0.358 e. The van der Waals surface area contributed by atoms with Gasteiger partial charge in [0.25, 0.3) is 0 Å². The van der Waals surface area contributed by atoms with Crippen LogP contribution in [0.3, 0.4) is 0 Å². The van der Waals surface area contributed by atoms with Crippen molar-refractivity contribution in [3.8, 4) is 21.0 Å². The predicted octanol–water partition coefficient (Wildman–Crippen LogP) is 4.26. The molecule has 0 amide bonds. The highest BCUT2D eigenvalue weighted by Crippen LogP contribution is 2.35. The average Bonchev–Trinajstić information content (AvgIpc) is 3.01. The van der Waals surface area contributed by atoms with Crippen molar-refractivity contribution in [1.29, 1.82) is 0 Å². The van der Waals surface area contributed by atoms with Gasteiger partial charge < -0.3 is 4.74 Å². The van der Waals surface area contributed by atoms with Crippen LogP contribution in [0.4, 0.5) is 0 Å². The van der Waals surface area contributed by atoms with Crippen molar-refractivity contribution in [2.45, 2.75) is 0 Å². The Morgan fingerprint density at radius 3 is 2.10 bits per heavy atom. The molecule has 1 aromatic heterocycles. The van der Waals surface area contributed by atoms with E-state index in [1.807, 2.05) is 60.7 Å². The fourth-order valence-corrected chi connectivity index (χ4v) is 3.11. The molecule has 0 aliphatic rings. The third kappa shape index (κ3) is 2.71. The number of carbonyl (C=O) groups is 1. The number of carbonyl (C=O) groups excluding carboxylic acids is 1. The first-order valence-electron chi connectivity index (χ1n) is 6.49. The molecular formula is C17H13NO2S. The zero-order chi connectivity index (χ0) is 14.7. The van der Waals surface area contributed by atoms with Crippen molar-refractivity contribution < 1.29 is 9.53 Å². The highest BCUT2D eigenvalue weighted by Gasteiger charge is 2.20. The zero-order valence-corrected chi connectivity index (χ0v) is 12.3. The molecule has 0 saturated carbocycles. The molecule has 0 spiro atoms. The van der Waals surface area contributed by atoms with Crippen LogP contribution in [0, 0.1) is 0 Å². The van der Waals surface area contributed by atoms with Crippen molar-refractivity contribution >= 4 is 17.3 Å². The van der Waals surface area contributed by atoms with Crippen molar-refractivity contribution in [3.05, 3.63) is 66.4 Å². The van der Waals surface area contributed by atoms with Crippen LogP contribution < -0.4 is 0 Å². The van der Waals surface area contributed by atoms with E-state index < -0.39 is 5.97 Å². The predicted molar refractivity (Wildman–Crippen MR) is 84.3 cm³/mol. The van der Waals surface area contributed by atoms with Crippen LogP contribution in [-0.4, -0.2) is 18.1 Å². The number of hydrogen-bond acceptors (Lipinski definition) is 4. The SMILES string of the molecule is COC(=O)c1nc(-c2ccccc2)sc1-c1ccccc1. The number of benzene rings is 2. The lowest BCUT2D eigenvalue weighted by molar-refractivity contribution is 0.0596. The van der Waals surface area contributed by atoms with Crippen LogP contribution in [0.15, 0.2) is 60.7 Å². The minimum atomic E-state index is -0.410. The molecular weight excluding hydrogens is 282 g/mol. The first-order chi connectivity index (χ1) is 10.3. The second-order valence-corrected chi connectivity index (χ2v) is 5.42. The van der Waals surface area contributed by atoms with E-state index in [4.69, 9.17) is 4.74 Å². The van der Waals surface area contributed by atoms with Gasteiger partial charge in [0.2, 0.25) is 0 Å². The molecule has 0 aliphatic heterocycles. The Kier molecular flexibility index (Phi) is 3.79.